The van der Waals surface area contributed by atoms with Crippen molar-refractivity contribution in [1.29, 1.82) is 0 Å². The first kappa shape index (κ1) is 19.3. The zero-order valence-electron chi connectivity index (χ0n) is 14.3. The highest BCUT2D eigenvalue weighted by molar-refractivity contribution is 14.0. The summed E-state index contributed by atoms with van der Waals surface area (Å²) in [6.07, 6.45) is 8.70. The van der Waals surface area contributed by atoms with Gasteiger partial charge in [-0.05, 0) is 44.4 Å². The Bertz CT molecular complexity index is 554. The van der Waals surface area contributed by atoms with Crippen LogP contribution < -0.4 is 5.32 Å². The van der Waals surface area contributed by atoms with Crippen molar-refractivity contribution >= 4 is 39.8 Å². The third-order valence-electron chi connectivity index (χ3n) is 5.58. The lowest BCUT2D eigenvalue weighted by Crippen LogP contribution is -2.43. The fourth-order valence-corrected chi connectivity index (χ4v) is 5.44. The Morgan fingerprint density at radius 2 is 1.91 bits per heavy atom. The van der Waals surface area contributed by atoms with Gasteiger partial charge in [-0.15, -0.1) is 24.0 Å². The number of hydrogen-bond donors (Lipinski definition) is 1. The average molecular weight is 455 g/mol. The van der Waals surface area contributed by atoms with Gasteiger partial charge >= 0.3 is 0 Å². The minimum atomic E-state index is -2.92. The molecule has 7 heteroatoms. The number of sulfone groups is 1. The highest BCUT2D eigenvalue weighted by Crippen LogP contribution is 2.48. The second-order valence-corrected chi connectivity index (χ2v) is 9.91. The van der Waals surface area contributed by atoms with Gasteiger partial charge < -0.3 is 10.2 Å². The molecule has 0 atom stereocenters. The Balaban J connectivity index is 0.00000192. The fourth-order valence-electron chi connectivity index (χ4n) is 3.95. The van der Waals surface area contributed by atoms with Gasteiger partial charge in [0.2, 0.25) is 0 Å². The molecule has 2 saturated carbocycles. The molecule has 0 amide bonds. The molecule has 3 aliphatic rings. The summed E-state index contributed by atoms with van der Waals surface area (Å²) in [5.41, 5.74) is 0.475. The number of halogens is 1. The van der Waals surface area contributed by atoms with Gasteiger partial charge in [0.25, 0.3) is 0 Å². The lowest BCUT2D eigenvalue weighted by molar-refractivity contribution is 0.151. The summed E-state index contributed by atoms with van der Waals surface area (Å²) in [5.74, 6) is 1.28. The van der Waals surface area contributed by atoms with Crippen LogP contribution in [0.4, 0.5) is 0 Å². The van der Waals surface area contributed by atoms with E-state index in [1.807, 2.05) is 0 Å². The van der Waals surface area contributed by atoms with Crippen LogP contribution in [-0.4, -0.2) is 57.5 Å². The third kappa shape index (κ3) is 4.74. The summed E-state index contributed by atoms with van der Waals surface area (Å²) in [7, 11) is -2.92. The second-order valence-electron chi connectivity index (χ2n) is 7.77. The number of rotatable bonds is 5. The van der Waals surface area contributed by atoms with Crippen LogP contribution in [0.2, 0.25) is 0 Å². The van der Waals surface area contributed by atoms with Crippen LogP contribution in [0.25, 0.3) is 0 Å². The number of nitrogens with one attached hydrogen (secondary N) is 1. The van der Waals surface area contributed by atoms with Crippen molar-refractivity contribution in [3.63, 3.8) is 0 Å². The van der Waals surface area contributed by atoms with Crippen molar-refractivity contribution in [1.82, 2.24) is 10.2 Å². The van der Waals surface area contributed by atoms with E-state index < -0.39 is 9.84 Å². The van der Waals surface area contributed by atoms with Crippen LogP contribution >= 0.6 is 24.0 Å². The van der Waals surface area contributed by atoms with Crippen molar-refractivity contribution in [3.8, 4) is 0 Å². The van der Waals surface area contributed by atoms with E-state index in [2.05, 4.69) is 17.1 Å². The van der Waals surface area contributed by atoms with E-state index in [9.17, 15) is 8.42 Å². The first-order valence-electron chi connectivity index (χ1n) is 8.57. The Morgan fingerprint density at radius 3 is 2.35 bits per heavy atom. The lowest BCUT2D eigenvalue weighted by atomic mass is 9.68. The molecular formula is C16H30IN3O2S. The number of nitrogens with zero attached hydrogens (tertiary/aromatic N) is 2. The van der Waals surface area contributed by atoms with Gasteiger partial charge in [0.15, 0.2) is 5.96 Å². The number of hydrogen-bond acceptors (Lipinski definition) is 3. The summed E-state index contributed by atoms with van der Waals surface area (Å²) in [4.78, 5) is 7.19. The highest BCUT2D eigenvalue weighted by atomic mass is 127. The summed E-state index contributed by atoms with van der Waals surface area (Å²) < 4.78 is 23.1. The minimum absolute atomic E-state index is 0. The number of guanidine groups is 1. The van der Waals surface area contributed by atoms with Crippen LogP contribution in [0.5, 0.6) is 0 Å². The van der Waals surface area contributed by atoms with E-state index in [0.29, 0.717) is 12.0 Å². The molecule has 3 fully saturated rings. The predicted molar refractivity (Wildman–Crippen MR) is 105 cm³/mol. The minimum Gasteiger partial charge on any atom is -0.357 e. The van der Waals surface area contributed by atoms with Gasteiger partial charge in [-0.3, -0.25) is 4.99 Å². The zero-order chi connectivity index (χ0) is 15.8. The van der Waals surface area contributed by atoms with Crippen LogP contribution in [0.1, 0.15) is 45.4 Å². The molecule has 1 heterocycles. The molecule has 1 N–H and O–H groups in total. The van der Waals surface area contributed by atoms with Gasteiger partial charge in [0.05, 0.1) is 5.75 Å². The van der Waals surface area contributed by atoms with Crippen LogP contribution in [-0.2, 0) is 9.84 Å². The van der Waals surface area contributed by atoms with Crippen LogP contribution in [0.3, 0.4) is 0 Å². The van der Waals surface area contributed by atoms with Crippen molar-refractivity contribution in [3.05, 3.63) is 0 Å². The van der Waals surface area contributed by atoms with Crippen molar-refractivity contribution < 1.29 is 8.42 Å². The Labute approximate surface area is 157 Å². The van der Waals surface area contributed by atoms with E-state index in [-0.39, 0.29) is 35.1 Å². The smallest absolute Gasteiger partial charge is 0.193 e. The highest BCUT2D eigenvalue weighted by Gasteiger charge is 2.46. The van der Waals surface area contributed by atoms with Crippen LogP contribution in [0.15, 0.2) is 4.99 Å². The Kier molecular flexibility index (Phi) is 5.91. The van der Waals surface area contributed by atoms with Gasteiger partial charge in [-0.2, -0.15) is 0 Å². The summed E-state index contributed by atoms with van der Waals surface area (Å²) >= 11 is 0. The first-order chi connectivity index (χ1) is 10.4. The monoisotopic (exact) mass is 455 g/mol. The lowest BCUT2D eigenvalue weighted by Gasteiger charge is -2.38. The molecule has 1 spiro atoms. The molecule has 0 aromatic carbocycles. The van der Waals surface area contributed by atoms with Gasteiger partial charge in [-0.1, -0.05) is 6.42 Å². The van der Waals surface area contributed by atoms with E-state index >= 15 is 0 Å². The molecule has 134 valence electrons. The van der Waals surface area contributed by atoms with Crippen LogP contribution in [0, 0.1) is 10.8 Å². The topological polar surface area (TPSA) is 61.8 Å². The summed E-state index contributed by atoms with van der Waals surface area (Å²) in [6.45, 7) is 5.81. The van der Waals surface area contributed by atoms with E-state index in [4.69, 9.17) is 4.99 Å². The van der Waals surface area contributed by atoms with Gasteiger partial charge in [0.1, 0.15) is 9.84 Å². The van der Waals surface area contributed by atoms with Gasteiger partial charge in [-0.25, -0.2) is 8.42 Å². The fraction of sp³-hybridized carbons (Fsp3) is 0.938. The number of likely N-dealkylation sites (tertiary alicyclic amines) is 1. The first-order valence-corrected chi connectivity index (χ1v) is 10.6. The molecule has 0 bridgehead atoms. The maximum Gasteiger partial charge on any atom is 0.193 e. The standard InChI is InChI=1S/C16H29N3O2S.HI/c1-3-17-14(19-10-9-15(12-19)5-4-6-15)18-11-16(7-8-16)13-22(2,20)21;/h3-13H2,1-2H3,(H,17,18);1H. The molecule has 0 unspecified atom stereocenters. The molecule has 5 nitrogen and oxygen atoms in total. The summed E-state index contributed by atoms with van der Waals surface area (Å²) in [5, 5.41) is 3.40. The molecule has 3 rings (SSSR count). The quantitative estimate of drug-likeness (QED) is 0.393. The maximum absolute atomic E-state index is 11.6. The molecule has 0 aromatic rings. The average Bonchev–Trinajstić information content (AvgIpc) is 2.98. The van der Waals surface area contributed by atoms with Crippen molar-refractivity contribution in [2.75, 3.05) is 38.2 Å². The van der Waals surface area contributed by atoms with Gasteiger partial charge in [0, 0.05) is 37.8 Å². The molecule has 0 aromatic heterocycles. The Morgan fingerprint density at radius 1 is 1.22 bits per heavy atom. The SMILES string of the molecule is CCNC(=NCC1(CS(C)(=O)=O)CC1)N1CCC2(CCC2)C1.I. The maximum atomic E-state index is 11.6. The zero-order valence-corrected chi connectivity index (χ0v) is 17.5. The number of aliphatic imine (C=N–C) groups is 1. The second kappa shape index (κ2) is 7.06. The molecule has 1 saturated heterocycles. The molecule has 1 aliphatic heterocycles. The van der Waals surface area contributed by atoms with E-state index in [1.54, 1.807) is 0 Å². The third-order valence-corrected chi connectivity index (χ3v) is 6.71. The Hall–Kier alpha value is -0.0500. The molecule has 0 radical (unpaired) electrons. The molecule has 2 aliphatic carbocycles. The predicted octanol–water partition coefficient (Wildman–Crippen LogP) is 2.27. The largest absolute Gasteiger partial charge is 0.357 e. The molecule has 23 heavy (non-hydrogen) atoms. The van der Waals surface area contributed by atoms with Crippen molar-refractivity contribution in [2.24, 2.45) is 15.8 Å². The van der Waals surface area contributed by atoms with Crippen molar-refractivity contribution in [2.45, 2.75) is 45.4 Å². The summed E-state index contributed by atoms with van der Waals surface area (Å²) in [6, 6.07) is 0. The van der Waals surface area contributed by atoms with E-state index in [1.165, 1.54) is 31.9 Å². The van der Waals surface area contributed by atoms with E-state index in [0.717, 1.165) is 38.4 Å². The normalized spacial score (nSPS) is 25.0. The molecular weight excluding hydrogens is 425 g/mol.